The lowest BCUT2D eigenvalue weighted by molar-refractivity contribution is -0.0498. The summed E-state index contributed by atoms with van der Waals surface area (Å²) in [6.07, 6.45) is 0.507. The topological polar surface area (TPSA) is 72.5 Å². The molecule has 5 nitrogen and oxygen atoms in total. The zero-order valence-electron chi connectivity index (χ0n) is 10.3. The molecule has 0 radical (unpaired) electrons. The Labute approximate surface area is 118 Å². The van der Waals surface area contributed by atoms with E-state index < -0.39 is 22.4 Å². The Kier molecular flexibility index (Phi) is 4.59. The number of halogens is 2. The minimum atomic E-state index is -2.99. The lowest BCUT2D eigenvalue weighted by Gasteiger charge is -2.10. The third kappa shape index (κ3) is 3.89. The van der Waals surface area contributed by atoms with Crippen molar-refractivity contribution in [2.24, 2.45) is 5.92 Å². The van der Waals surface area contributed by atoms with Gasteiger partial charge in [0.05, 0.1) is 11.5 Å². The van der Waals surface area contributed by atoms with Crippen molar-refractivity contribution in [3.8, 4) is 5.75 Å². The summed E-state index contributed by atoms with van der Waals surface area (Å²) in [7, 11) is -2.99. The van der Waals surface area contributed by atoms with Gasteiger partial charge in [0.2, 0.25) is 0 Å². The highest BCUT2D eigenvalue weighted by Gasteiger charge is 2.28. The third-order valence-corrected chi connectivity index (χ3v) is 5.66. The molecule has 9 heteroatoms. The molecule has 1 aromatic rings. The van der Waals surface area contributed by atoms with Crippen LogP contribution in [0.5, 0.6) is 5.75 Å². The summed E-state index contributed by atoms with van der Waals surface area (Å²) in [6, 6.07) is 1.30. The van der Waals surface area contributed by atoms with Gasteiger partial charge in [0, 0.05) is 6.54 Å². The molecular weight excluding hydrogens is 312 g/mol. The lowest BCUT2D eigenvalue weighted by atomic mass is 10.1. The summed E-state index contributed by atoms with van der Waals surface area (Å²) in [5.74, 6) is -0.630. The second-order valence-electron chi connectivity index (χ2n) is 4.47. The van der Waals surface area contributed by atoms with Gasteiger partial charge in [-0.1, -0.05) is 0 Å². The maximum absolute atomic E-state index is 12.1. The fourth-order valence-electron chi connectivity index (χ4n) is 2.00. The van der Waals surface area contributed by atoms with Gasteiger partial charge in [0.1, 0.15) is 10.6 Å². The highest BCUT2D eigenvalue weighted by Crippen LogP contribution is 2.26. The number of amides is 1. The molecular formula is C11H13F2NO4S2. The zero-order chi connectivity index (χ0) is 14.8. The van der Waals surface area contributed by atoms with Crippen LogP contribution in [0, 0.1) is 5.92 Å². The molecule has 0 aromatic carbocycles. The number of alkyl halides is 2. The van der Waals surface area contributed by atoms with Crippen molar-refractivity contribution >= 4 is 27.1 Å². The molecule has 1 fully saturated rings. The van der Waals surface area contributed by atoms with E-state index in [1.807, 2.05) is 0 Å². The molecule has 20 heavy (non-hydrogen) atoms. The van der Waals surface area contributed by atoms with Crippen LogP contribution in [0.25, 0.3) is 0 Å². The first kappa shape index (κ1) is 15.2. The van der Waals surface area contributed by atoms with Gasteiger partial charge in [-0.3, -0.25) is 4.79 Å². The van der Waals surface area contributed by atoms with Gasteiger partial charge in [0.15, 0.2) is 9.84 Å². The summed E-state index contributed by atoms with van der Waals surface area (Å²) >= 11 is 0.993. The molecule has 2 rings (SSSR count). The molecule has 0 spiro atoms. The summed E-state index contributed by atoms with van der Waals surface area (Å²) < 4.78 is 51.1. The molecule has 112 valence electrons. The van der Waals surface area contributed by atoms with Crippen LogP contribution < -0.4 is 10.1 Å². The van der Waals surface area contributed by atoms with E-state index in [-0.39, 0.29) is 34.6 Å². The first-order chi connectivity index (χ1) is 9.37. The SMILES string of the molecule is O=C(NCC1CCS(=O)(=O)C1)c1sccc1OC(F)F. The van der Waals surface area contributed by atoms with E-state index in [1.165, 1.54) is 11.4 Å². The Balaban J connectivity index is 1.91. The smallest absolute Gasteiger partial charge is 0.387 e. The maximum Gasteiger partial charge on any atom is 0.387 e. The van der Waals surface area contributed by atoms with Crippen LogP contribution in [0.1, 0.15) is 16.1 Å². The van der Waals surface area contributed by atoms with Crippen LogP contribution in [0.4, 0.5) is 8.78 Å². The summed E-state index contributed by atoms with van der Waals surface area (Å²) in [4.78, 5) is 11.9. The van der Waals surface area contributed by atoms with Crippen LogP contribution in [-0.2, 0) is 9.84 Å². The van der Waals surface area contributed by atoms with Gasteiger partial charge < -0.3 is 10.1 Å². The van der Waals surface area contributed by atoms with Crippen LogP contribution in [0.15, 0.2) is 11.4 Å². The van der Waals surface area contributed by atoms with Crippen LogP contribution >= 0.6 is 11.3 Å². The summed E-state index contributed by atoms with van der Waals surface area (Å²) in [6.45, 7) is -2.78. The van der Waals surface area contributed by atoms with Gasteiger partial charge in [-0.05, 0) is 23.8 Å². The van der Waals surface area contributed by atoms with Gasteiger partial charge in [0.25, 0.3) is 5.91 Å². The number of thiophene rings is 1. The summed E-state index contributed by atoms with van der Waals surface area (Å²) in [5, 5.41) is 4.04. The minimum absolute atomic E-state index is 0.0537. The van der Waals surface area contributed by atoms with Crippen molar-refractivity contribution in [1.82, 2.24) is 5.32 Å². The van der Waals surface area contributed by atoms with E-state index in [4.69, 9.17) is 0 Å². The summed E-state index contributed by atoms with van der Waals surface area (Å²) in [5.41, 5.74) is 0. The monoisotopic (exact) mass is 325 g/mol. The molecule has 1 N–H and O–H groups in total. The van der Waals surface area contributed by atoms with E-state index in [0.717, 1.165) is 11.3 Å². The molecule has 0 bridgehead atoms. The molecule has 0 saturated carbocycles. The highest BCUT2D eigenvalue weighted by atomic mass is 32.2. The van der Waals surface area contributed by atoms with E-state index in [1.54, 1.807) is 0 Å². The minimum Gasteiger partial charge on any atom is -0.433 e. The van der Waals surface area contributed by atoms with E-state index in [2.05, 4.69) is 10.1 Å². The fraction of sp³-hybridized carbons (Fsp3) is 0.545. The number of hydrogen-bond acceptors (Lipinski definition) is 5. The predicted molar refractivity (Wildman–Crippen MR) is 70.0 cm³/mol. The first-order valence-corrected chi connectivity index (χ1v) is 8.58. The number of carbonyl (C=O) groups is 1. The van der Waals surface area contributed by atoms with Crippen molar-refractivity contribution in [2.45, 2.75) is 13.0 Å². The average Bonchev–Trinajstić information content (AvgIpc) is 2.92. The maximum atomic E-state index is 12.1. The van der Waals surface area contributed by atoms with Crippen molar-refractivity contribution in [1.29, 1.82) is 0 Å². The number of ether oxygens (including phenoxy) is 1. The standard InChI is InChI=1S/C11H13F2NO4S2/c12-11(13)18-8-1-3-19-9(8)10(15)14-5-7-2-4-20(16,17)6-7/h1,3,7,11H,2,4-6H2,(H,14,15). The molecule has 1 saturated heterocycles. The second-order valence-corrected chi connectivity index (χ2v) is 7.62. The zero-order valence-corrected chi connectivity index (χ0v) is 12.0. The Bertz CT molecular complexity index is 585. The van der Waals surface area contributed by atoms with Crippen LogP contribution in [-0.4, -0.2) is 39.0 Å². The molecule has 0 aliphatic carbocycles. The molecule has 1 aliphatic heterocycles. The normalized spacial score (nSPS) is 21.1. The number of hydrogen-bond donors (Lipinski definition) is 1. The van der Waals surface area contributed by atoms with Gasteiger partial charge in [-0.25, -0.2) is 8.42 Å². The lowest BCUT2D eigenvalue weighted by Crippen LogP contribution is -2.29. The highest BCUT2D eigenvalue weighted by molar-refractivity contribution is 7.91. The molecule has 1 aromatic heterocycles. The molecule has 1 aliphatic rings. The van der Waals surface area contributed by atoms with Crippen LogP contribution in [0.2, 0.25) is 0 Å². The molecule has 2 heterocycles. The molecule has 1 unspecified atom stereocenters. The molecule has 1 atom stereocenters. The second kappa shape index (κ2) is 6.04. The van der Waals surface area contributed by atoms with Crippen molar-refractivity contribution < 1.29 is 26.7 Å². The van der Waals surface area contributed by atoms with E-state index in [0.29, 0.717) is 6.42 Å². The largest absolute Gasteiger partial charge is 0.433 e. The third-order valence-electron chi connectivity index (χ3n) is 2.93. The Morgan fingerprint density at radius 1 is 1.55 bits per heavy atom. The van der Waals surface area contributed by atoms with Crippen molar-refractivity contribution in [3.63, 3.8) is 0 Å². The average molecular weight is 325 g/mol. The number of nitrogens with one attached hydrogen (secondary N) is 1. The Morgan fingerprint density at radius 2 is 2.30 bits per heavy atom. The van der Waals surface area contributed by atoms with Gasteiger partial charge in [-0.15, -0.1) is 11.3 Å². The number of carbonyl (C=O) groups excluding carboxylic acids is 1. The number of rotatable bonds is 5. The Morgan fingerprint density at radius 3 is 2.90 bits per heavy atom. The number of sulfone groups is 1. The van der Waals surface area contributed by atoms with Crippen molar-refractivity contribution in [2.75, 3.05) is 18.1 Å². The van der Waals surface area contributed by atoms with Gasteiger partial charge >= 0.3 is 6.61 Å². The fourth-order valence-corrected chi connectivity index (χ4v) is 4.60. The first-order valence-electron chi connectivity index (χ1n) is 5.88. The van der Waals surface area contributed by atoms with Crippen LogP contribution in [0.3, 0.4) is 0 Å². The Hall–Kier alpha value is -1.22. The predicted octanol–water partition coefficient (Wildman–Crippen LogP) is 1.51. The quantitative estimate of drug-likeness (QED) is 0.891. The van der Waals surface area contributed by atoms with Gasteiger partial charge in [-0.2, -0.15) is 8.78 Å². The van der Waals surface area contributed by atoms with E-state index in [9.17, 15) is 22.0 Å². The van der Waals surface area contributed by atoms with E-state index >= 15 is 0 Å². The van der Waals surface area contributed by atoms with Crippen molar-refractivity contribution in [3.05, 3.63) is 16.3 Å². The molecule has 1 amide bonds.